The Bertz CT molecular complexity index is 298. The number of hydrogen-bond donors (Lipinski definition) is 0. The maximum Gasteiger partial charge on any atom is 0.270 e. The SMILES string of the molecule is Cc1cc([N+](=O)[O-])c[c]c1Br. The molecule has 4 heteroatoms. The second kappa shape index (κ2) is 3.00. The van der Waals surface area contributed by atoms with Crippen LogP contribution in [-0.2, 0) is 0 Å². The predicted octanol–water partition coefficient (Wildman–Crippen LogP) is 2.47. The Morgan fingerprint density at radius 1 is 1.73 bits per heavy atom. The molecule has 11 heavy (non-hydrogen) atoms. The van der Waals surface area contributed by atoms with E-state index >= 15 is 0 Å². The number of nitro benzene ring substituents is 1. The maximum absolute atomic E-state index is 10.2. The van der Waals surface area contributed by atoms with Crippen LogP contribution in [0.2, 0.25) is 0 Å². The van der Waals surface area contributed by atoms with Crippen molar-refractivity contribution >= 4 is 21.6 Å². The van der Waals surface area contributed by atoms with Crippen molar-refractivity contribution in [3.05, 3.63) is 38.3 Å². The molecule has 0 fully saturated rings. The van der Waals surface area contributed by atoms with E-state index in [4.69, 9.17) is 0 Å². The highest BCUT2D eigenvalue weighted by Crippen LogP contribution is 2.20. The van der Waals surface area contributed by atoms with Crippen LogP contribution < -0.4 is 0 Å². The molecule has 1 aromatic rings. The van der Waals surface area contributed by atoms with Gasteiger partial charge in [0.1, 0.15) is 0 Å². The zero-order chi connectivity index (χ0) is 8.43. The van der Waals surface area contributed by atoms with Gasteiger partial charge >= 0.3 is 0 Å². The lowest BCUT2D eigenvalue weighted by molar-refractivity contribution is -0.384. The number of nitro groups is 1. The van der Waals surface area contributed by atoms with Crippen molar-refractivity contribution in [3.63, 3.8) is 0 Å². The Labute approximate surface area is 72.3 Å². The minimum atomic E-state index is -0.435. The van der Waals surface area contributed by atoms with Crippen LogP contribution in [0.15, 0.2) is 16.6 Å². The molecule has 1 rings (SSSR count). The van der Waals surface area contributed by atoms with Crippen LogP contribution in [0.3, 0.4) is 0 Å². The number of non-ortho nitro benzene ring substituents is 1. The first kappa shape index (κ1) is 8.20. The van der Waals surface area contributed by atoms with E-state index < -0.39 is 4.92 Å². The van der Waals surface area contributed by atoms with Crippen LogP contribution in [0.5, 0.6) is 0 Å². The van der Waals surface area contributed by atoms with Gasteiger partial charge in [-0.15, -0.1) is 0 Å². The quantitative estimate of drug-likeness (QED) is 0.533. The van der Waals surface area contributed by atoms with Crippen molar-refractivity contribution in [1.29, 1.82) is 0 Å². The molecule has 0 saturated heterocycles. The fourth-order valence-corrected chi connectivity index (χ4v) is 0.912. The van der Waals surface area contributed by atoms with Crippen LogP contribution in [0.25, 0.3) is 0 Å². The van der Waals surface area contributed by atoms with Gasteiger partial charge in [-0.05, 0) is 28.4 Å². The van der Waals surface area contributed by atoms with Crippen LogP contribution in [0, 0.1) is 23.1 Å². The summed E-state index contributed by atoms with van der Waals surface area (Å²) in [6.45, 7) is 1.79. The average molecular weight is 215 g/mol. The van der Waals surface area contributed by atoms with E-state index in [1.165, 1.54) is 12.1 Å². The molecule has 0 amide bonds. The summed E-state index contributed by atoms with van der Waals surface area (Å²) in [7, 11) is 0. The standard InChI is InChI=1S/C7H5BrNO2/c1-5-4-6(9(10)11)2-3-7(5)8/h2,4H,1H3. The van der Waals surface area contributed by atoms with Crippen molar-refractivity contribution in [3.8, 4) is 0 Å². The highest BCUT2D eigenvalue weighted by Gasteiger charge is 2.05. The highest BCUT2D eigenvalue weighted by molar-refractivity contribution is 9.10. The molecule has 3 nitrogen and oxygen atoms in total. The fraction of sp³-hybridized carbons (Fsp3) is 0.143. The van der Waals surface area contributed by atoms with E-state index in [1.54, 1.807) is 6.92 Å². The maximum atomic E-state index is 10.2. The normalized spacial score (nSPS) is 9.64. The Kier molecular flexibility index (Phi) is 2.24. The van der Waals surface area contributed by atoms with Crippen molar-refractivity contribution in [1.82, 2.24) is 0 Å². The molecule has 0 aliphatic carbocycles. The van der Waals surface area contributed by atoms with Crippen molar-refractivity contribution in [2.45, 2.75) is 6.92 Å². The Hall–Kier alpha value is -0.900. The molecule has 0 unspecified atom stereocenters. The summed E-state index contributed by atoms with van der Waals surface area (Å²) in [5.41, 5.74) is 0.893. The van der Waals surface area contributed by atoms with E-state index in [2.05, 4.69) is 22.0 Å². The molecular formula is C7H5BrNO2. The lowest BCUT2D eigenvalue weighted by Crippen LogP contribution is -1.88. The van der Waals surface area contributed by atoms with E-state index in [1.807, 2.05) is 0 Å². The van der Waals surface area contributed by atoms with E-state index in [0.717, 1.165) is 10.0 Å². The summed E-state index contributed by atoms with van der Waals surface area (Å²) >= 11 is 3.20. The number of benzene rings is 1. The van der Waals surface area contributed by atoms with Gasteiger partial charge < -0.3 is 0 Å². The van der Waals surface area contributed by atoms with Gasteiger partial charge in [0.25, 0.3) is 5.69 Å². The van der Waals surface area contributed by atoms with Gasteiger partial charge in [0.15, 0.2) is 0 Å². The molecule has 0 bridgehead atoms. The monoisotopic (exact) mass is 214 g/mol. The molecule has 0 aliphatic heterocycles. The van der Waals surface area contributed by atoms with Crippen molar-refractivity contribution in [2.75, 3.05) is 0 Å². The Morgan fingerprint density at radius 3 is 2.82 bits per heavy atom. The predicted molar refractivity (Wildman–Crippen MR) is 44.4 cm³/mol. The van der Waals surface area contributed by atoms with Crippen LogP contribution in [0.4, 0.5) is 5.69 Å². The van der Waals surface area contributed by atoms with E-state index in [9.17, 15) is 10.1 Å². The summed E-state index contributed by atoms with van der Waals surface area (Å²) in [6, 6.07) is 5.57. The number of hydrogen-bond acceptors (Lipinski definition) is 2. The third-order valence-corrected chi connectivity index (χ3v) is 2.12. The fourth-order valence-electron chi connectivity index (χ4n) is 0.683. The van der Waals surface area contributed by atoms with Crippen LogP contribution in [0.1, 0.15) is 5.56 Å². The average Bonchev–Trinajstić information content (AvgIpc) is 1.94. The van der Waals surface area contributed by atoms with Gasteiger partial charge in [-0.25, -0.2) is 0 Å². The molecule has 57 valence electrons. The summed E-state index contributed by atoms with van der Waals surface area (Å²) in [5.74, 6) is 0. The number of halogens is 1. The zero-order valence-electron chi connectivity index (χ0n) is 5.80. The largest absolute Gasteiger partial charge is 0.270 e. The lowest BCUT2D eigenvalue weighted by Gasteiger charge is -1.95. The van der Waals surface area contributed by atoms with Gasteiger partial charge in [0.05, 0.1) is 4.92 Å². The molecule has 1 radical (unpaired) electrons. The molecular weight excluding hydrogens is 210 g/mol. The third-order valence-electron chi connectivity index (χ3n) is 1.27. The molecule has 0 saturated carbocycles. The first-order chi connectivity index (χ1) is 5.11. The van der Waals surface area contributed by atoms with Crippen molar-refractivity contribution < 1.29 is 4.92 Å². The number of aryl methyl sites for hydroxylation is 1. The van der Waals surface area contributed by atoms with Crippen LogP contribution in [-0.4, -0.2) is 4.92 Å². The summed E-state index contributed by atoms with van der Waals surface area (Å²) < 4.78 is 0.767. The Morgan fingerprint density at radius 2 is 2.36 bits per heavy atom. The summed E-state index contributed by atoms with van der Waals surface area (Å²) in [5, 5.41) is 10.2. The minimum Gasteiger partial charge on any atom is -0.258 e. The molecule has 0 spiro atoms. The highest BCUT2D eigenvalue weighted by atomic mass is 79.9. The molecule has 0 N–H and O–H groups in total. The summed E-state index contributed by atoms with van der Waals surface area (Å²) in [6.07, 6.45) is 0. The first-order valence-electron chi connectivity index (χ1n) is 2.93. The Balaban J connectivity index is 3.15. The van der Waals surface area contributed by atoms with Gasteiger partial charge in [-0.1, -0.05) is 0 Å². The molecule has 0 aliphatic rings. The van der Waals surface area contributed by atoms with E-state index in [0.29, 0.717) is 0 Å². The lowest BCUT2D eigenvalue weighted by atomic mass is 10.2. The number of nitrogens with zero attached hydrogens (tertiary/aromatic N) is 1. The third kappa shape index (κ3) is 1.77. The summed E-state index contributed by atoms with van der Waals surface area (Å²) in [4.78, 5) is 9.80. The molecule has 0 heterocycles. The smallest absolute Gasteiger partial charge is 0.258 e. The first-order valence-corrected chi connectivity index (χ1v) is 3.73. The van der Waals surface area contributed by atoms with Gasteiger partial charge in [0, 0.05) is 22.7 Å². The molecule has 0 atom stereocenters. The zero-order valence-corrected chi connectivity index (χ0v) is 7.38. The van der Waals surface area contributed by atoms with Crippen molar-refractivity contribution in [2.24, 2.45) is 0 Å². The topological polar surface area (TPSA) is 43.1 Å². The second-order valence-corrected chi connectivity index (χ2v) is 2.90. The molecule has 1 aromatic carbocycles. The second-order valence-electron chi connectivity index (χ2n) is 2.11. The van der Waals surface area contributed by atoms with Gasteiger partial charge in [-0.2, -0.15) is 0 Å². The van der Waals surface area contributed by atoms with Gasteiger partial charge in [-0.3, -0.25) is 10.1 Å². The van der Waals surface area contributed by atoms with E-state index in [-0.39, 0.29) is 5.69 Å². The molecule has 0 aromatic heterocycles. The van der Waals surface area contributed by atoms with Crippen LogP contribution >= 0.6 is 15.9 Å². The number of rotatable bonds is 1. The minimum absolute atomic E-state index is 0.0747. The van der Waals surface area contributed by atoms with Gasteiger partial charge in [0.2, 0.25) is 0 Å².